The van der Waals surface area contributed by atoms with Crippen molar-refractivity contribution in [3.8, 4) is 0 Å². The first-order chi connectivity index (χ1) is 12.6. The number of aromatic nitrogens is 1. The lowest BCUT2D eigenvalue weighted by Crippen LogP contribution is -2.64. The number of carbonyl (C=O) groups is 1. The van der Waals surface area contributed by atoms with Crippen LogP contribution in [0.5, 0.6) is 0 Å². The summed E-state index contributed by atoms with van der Waals surface area (Å²) in [7, 11) is 0. The van der Waals surface area contributed by atoms with Crippen molar-refractivity contribution < 1.29 is 9.18 Å². The second kappa shape index (κ2) is 7.16. The molecule has 4 heterocycles. The van der Waals surface area contributed by atoms with Gasteiger partial charge in [0.15, 0.2) is 0 Å². The van der Waals surface area contributed by atoms with Crippen molar-refractivity contribution in [2.45, 2.75) is 38.3 Å². The Labute approximate surface area is 153 Å². The van der Waals surface area contributed by atoms with Crippen LogP contribution in [-0.2, 0) is 6.42 Å². The van der Waals surface area contributed by atoms with E-state index in [1.807, 2.05) is 12.3 Å². The molecule has 3 aliphatic rings. The Hall–Kier alpha value is -2.27. The first-order valence-electron chi connectivity index (χ1n) is 9.31. The van der Waals surface area contributed by atoms with Gasteiger partial charge in [-0.05, 0) is 80.6 Å². The molecule has 2 atom stereocenters. The van der Waals surface area contributed by atoms with Gasteiger partial charge in [-0.2, -0.15) is 0 Å². The van der Waals surface area contributed by atoms with Crippen molar-refractivity contribution in [3.63, 3.8) is 0 Å². The summed E-state index contributed by atoms with van der Waals surface area (Å²) in [4.78, 5) is 19.5. The molecule has 3 aliphatic heterocycles. The molecule has 0 radical (unpaired) electrons. The van der Waals surface area contributed by atoms with E-state index in [-0.39, 0.29) is 23.8 Å². The highest BCUT2D eigenvalue weighted by Gasteiger charge is 2.42. The number of hydrogen-bond acceptors (Lipinski definition) is 3. The SMILES string of the molecule is Cc1cc(F)cc(C(=O)NC2C3CCN(CC3)C2Cc2cccnc2)c1. The van der Waals surface area contributed by atoms with E-state index in [2.05, 4.69) is 21.3 Å². The number of amides is 1. The zero-order chi connectivity index (χ0) is 18.1. The third-order valence-electron chi connectivity index (χ3n) is 5.74. The standard InChI is InChI=1S/C21H24FN3O/c1-14-9-17(12-18(22)10-14)21(26)24-20-16-4-7-25(8-5-16)19(20)11-15-3-2-6-23-13-15/h2-3,6,9-10,12-13,16,19-20H,4-5,7-8,11H2,1H3,(H,24,26). The normalized spacial score (nSPS) is 27.3. The summed E-state index contributed by atoms with van der Waals surface area (Å²) in [6.07, 6.45) is 6.77. The summed E-state index contributed by atoms with van der Waals surface area (Å²) >= 11 is 0. The van der Waals surface area contributed by atoms with Gasteiger partial charge < -0.3 is 5.32 Å². The summed E-state index contributed by atoms with van der Waals surface area (Å²) in [6, 6.07) is 8.91. The second-order valence-electron chi connectivity index (χ2n) is 7.52. The van der Waals surface area contributed by atoms with Crippen LogP contribution in [-0.4, -0.2) is 41.0 Å². The van der Waals surface area contributed by atoms with Gasteiger partial charge in [-0.3, -0.25) is 14.7 Å². The molecule has 0 spiro atoms. The highest BCUT2D eigenvalue weighted by molar-refractivity contribution is 5.94. The Morgan fingerprint density at radius 3 is 2.81 bits per heavy atom. The van der Waals surface area contributed by atoms with E-state index in [1.165, 1.54) is 17.7 Å². The van der Waals surface area contributed by atoms with E-state index in [0.29, 0.717) is 11.5 Å². The molecule has 2 aromatic rings. The Balaban J connectivity index is 1.55. The van der Waals surface area contributed by atoms with Gasteiger partial charge in [-0.15, -0.1) is 0 Å². The highest BCUT2D eigenvalue weighted by Crippen LogP contribution is 2.34. The summed E-state index contributed by atoms with van der Waals surface area (Å²) in [6.45, 7) is 3.97. The van der Waals surface area contributed by atoms with Crippen LogP contribution < -0.4 is 5.32 Å². The van der Waals surface area contributed by atoms with Crippen molar-refractivity contribution in [3.05, 3.63) is 65.2 Å². The van der Waals surface area contributed by atoms with Gasteiger partial charge in [-0.25, -0.2) is 4.39 Å². The average Bonchev–Trinajstić information content (AvgIpc) is 2.64. The number of fused-ring (bicyclic) bond motifs is 3. The third kappa shape index (κ3) is 3.49. The summed E-state index contributed by atoms with van der Waals surface area (Å²) in [5.74, 6) is -0.0567. The number of aryl methyl sites for hydroxylation is 1. The van der Waals surface area contributed by atoms with Crippen molar-refractivity contribution in [1.29, 1.82) is 0 Å². The molecule has 1 aromatic heterocycles. The van der Waals surface area contributed by atoms with E-state index in [1.54, 1.807) is 19.2 Å². The molecule has 26 heavy (non-hydrogen) atoms. The first-order valence-corrected chi connectivity index (χ1v) is 9.31. The molecule has 5 rings (SSSR count). The van der Waals surface area contributed by atoms with Gasteiger partial charge in [0.2, 0.25) is 0 Å². The summed E-state index contributed by atoms with van der Waals surface area (Å²) in [5.41, 5.74) is 2.35. The van der Waals surface area contributed by atoms with E-state index in [9.17, 15) is 9.18 Å². The first kappa shape index (κ1) is 17.2. The van der Waals surface area contributed by atoms with Crippen molar-refractivity contribution >= 4 is 5.91 Å². The number of pyridine rings is 1. The highest BCUT2D eigenvalue weighted by atomic mass is 19.1. The quantitative estimate of drug-likeness (QED) is 0.919. The Morgan fingerprint density at radius 2 is 2.12 bits per heavy atom. The predicted octanol–water partition coefficient (Wildman–Crippen LogP) is 2.96. The Kier molecular flexibility index (Phi) is 4.72. The van der Waals surface area contributed by atoms with Crippen LogP contribution in [0.1, 0.15) is 34.3 Å². The lowest BCUT2D eigenvalue weighted by Gasteiger charge is -2.51. The predicted molar refractivity (Wildman–Crippen MR) is 98.4 cm³/mol. The zero-order valence-corrected chi connectivity index (χ0v) is 15.0. The maximum absolute atomic E-state index is 13.7. The number of piperidine rings is 3. The number of hydrogen-bond donors (Lipinski definition) is 1. The van der Waals surface area contributed by atoms with E-state index < -0.39 is 0 Å². The number of halogens is 1. The molecule has 3 fully saturated rings. The molecule has 0 aliphatic carbocycles. The van der Waals surface area contributed by atoms with Crippen molar-refractivity contribution in [2.24, 2.45) is 5.92 Å². The maximum Gasteiger partial charge on any atom is 0.251 e. The number of nitrogens with one attached hydrogen (secondary N) is 1. The van der Waals surface area contributed by atoms with E-state index in [4.69, 9.17) is 0 Å². The number of rotatable bonds is 4. The van der Waals surface area contributed by atoms with Gasteiger partial charge in [0.05, 0.1) is 0 Å². The topological polar surface area (TPSA) is 45.2 Å². The number of benzene rings is 1. The molecule has 5 heteroatoms. The third-order valence-corrected chi connectivity index (χ3v) is 5.74. The van der Waals surface area contributed by atoms with Gasteiger partial charge in [0, 0.05) is 30.0 Å². The Bertz CT molecular complexity index is 767. The van der Waals surface area contributed by atoms with Crippen LogP contribution in [0, 0.1) is 18.7 Å². The van der Waals surface area contributed by atoms with Gasteiger partial charge >= 0.3 is 0 Å². The molecule has 1 aromatic carbocycles. The minimum Gasteiger partial charge on any atom is -0.347 e. The van der Waals surface area contributed by atoms with Crippen LogP contribution in [0.4, 0.5) is 4.39 Å². The lowest BCUT2D eigenvalue weighted by atomic mass is 9.76. The monoisotopic (exact) mass is 353 g/mol. The second-order valence-corrected chi connectivity index (χ2v) is 7.52. The molecule has 1 amide bonds. The molecule has 0 saturated carbocycles. The fourth-order valence-electron chi connectivity index (χ4n) is 4.48. The fourth-order valence-corrected chi connectivity index (χ4v) is 4.48. The number of carbonyl (C=O) groups excluding carboxylic acids is 1. The van der Waals surface area contributed by atoms with Gasteiger partial charge in [-0.1, -0.05) is 6.07 Å². The van der Waals surface area contributed by atoms with Crippen LogP contribution in [0.15, 0.2) is 42.7 Å². The maximum atomic E-state index is 13.7. The van der Waals surface area contributed by atoms with E-state index in [0.717, 1.165) is 37.9 Å². The average molecular weight is 353 g/mol. The molecule has 4 nitrogen and oxygen atoms in total. The Morgan fingerprint density at radius 1 is 1.31 bits per heavy atom. The van der Waals surface area contributed by atoms with Crippen LogP contribution in [0.3, 0.4) is 0 Å². The molecule has 136 valence electrons. The van der Waals surface area contributed by atoms with Crippen molar-refractivity contribution in [2.75, 3.05) is 13.1 Å². The van der Waals surface area contributed by atoms with Crippen LogP contribution in [0.2, 0.25) is 0 Å². The minimum atomic E-state index is -0.365. The van der Waals surface area contributed by atoms with Crippen LogP contribution in [0.25, 0.3) is 0 Å². The largest absolute Gasteiger partial charge is 0.347 e. The summed E-state index contributed by atoms with van der Waals surface area (Å²) in [5, 5.41) is 3.22. The molecular formula is C21H24FN3O. The number of nitrogens with zero attached hydrogens (tertiary/aromatic N) is 2. The summed E-state index contributed by atoms with van der Waals surface area (Å²) < 4.78 is 13.7. The van der Waals surface area contributed by atoms with Gasteiger partial charge in [0.25, 0.3) is 5.91 Å². The molecule has 2 bridgehead atoms. The minimum absolute atomic E-state index is 0.0915. The zero-order valence-electron chi connectivity index (χ0n) is 15.0. The molecule has 1 N–H and O–H groups in total. The van der Waals surface area contributed by atoms with Crippen LogP contribution >= 0.6 is 0 Å². The molecule has 2 unspecified atom stereocenters. The van der Waals surface area contributed by atoms with E-state index >= 15 is 0 Å². The fraction of sp³-hybridized carbons (Fsp3) is 0.429. The molecule has 3 saturated heterocycles. The smallest absolute Gasteiger partial charge is 0.251 e. The van der Waals surface area contributed by atoms with Gasteiger partial charge in [0.1, 0.15) is 5.82 Å². The molecular weight excluding hydrogens is 329 g/mol. The van der Waals surface area contributed by atoms with Crippen molar-refractivity contribution in [1.82, 2.24) is 15.2 Å². The lowest BCUT2D eigenvalue weighted by molar-refractivity contribution is 0.0136.